The minimum Gasteiger partial charge on any atom is -0.493 e. The zero-order valence-electron chi connectivity index (χ0n) is 31.3. The zero-order chi connectivity index (χ0) is 35.8. The van der Waals surface area contributed by atoms with Gasteiger partial charge in [0.2, 0.25) is 5.91 Å². The number of nitrogens with zero attached hydrogens (tertiary/aromatic N) is 3. The molecule has 0 aliphatic heterocycles. The van der Waals surface area contributed by atoms with E-state index >= 15 is 0 Å². The minimum absolute atomic E-state index is 0.0861. The molecule has 1 aromatic heterocycles. The molecule has 7 nitrogen and oxygen atoms in total. The molecule has 0 aliphatic carbocycles. The average Bonchev–Trinajstić information content (AvgIpc) is 3.46. The molecule has 0 aliphatic rings. The quantitative estimate of drug-likeness (QED) is 0.0844. The van der Waals surface area contributed by atoms with Gasteiger partial charge < -0.3 is 19.9 Å². The fourth-order valence-corrected chi connectivity index (χ4v) is 6.61. The third-order valence-electron chi connectivity index (χ3n) is 9.00. The summed E-state index contributed by atoms with van der Waals surface area (Å²) in [5.74, 6) is 1.82. The smallest absolute Gasteiger partial charge is 0.224 e. The lowest BCUT2D eigenvalue weighted by Crippen LogP contribution is -2.26. The summed E-state index contributed by atoms with van der Waals surface area (Å²) >= 11 is 1.60. The van der Waals surface area contributed by atoms with Gasteiger partial charge in [-0.05, 0) is 65.4 Å². The minimum atomic E-state index is 0.0861. The van der Waals surface area contributed by atoms with Gasteiger partial charge in [0.25, 0.3) is 0 Å². The molecule has 0 radical (unpaired) electrons. The highest BCUT2D eigenvalue weighted by Crippen LogP contribution is 2.34. The van der Waals surface area contributed by atoms with Crippen LogP contribution in [0.1, 0.15) is 116 Å². The normalized spacial score (nSPS) is 11.5. The van der Waals surface area contributed by atoms with Gasteiger partial charge in [-0.25, -0.2) is 0 Å². The first-order valence-corrected chi connectivity index (χ1v) is 19.5. The highest BCUT2D eigenvalue weighted by atomic mass is 32.2. The highest BCUT2D eigenvalue weighted by Gasteiger charge is 2.17. The number of hydrogen-bond acceptors (Lipinski definition) is 6. The first kappa shape index (κ1) is 39.0. The number of rotatable bonds is 21. The predicted octanol–water partition coefficient (Wildman–Crippen LogP) is 10.5. The van der Waals surface area contributed by atoms with Gasteiger partial charge in [-0.2, -0.15) is 0 Å². The molecule has 270 valence electrons. The second-order valence-corrected chi connectivity index (χ2v) is 15.4. The van der Waals surface area contributed by atoms with Crippen molar-refractivity contribution in [1.82, 2.24) is 20.1 Å². The molecule has 4 aromatic rings. The molecule has 0 unspecified atom stereocenters. The van der Waals surface area contributed by atoms with Crippen LogP contribution in [0.5, 0.6) is 5.75 Å². The van der Waals surface area contributed by atoms with Gasteiger partial charge >= 0.3 is 0 Å². The van der Waals surface area contributed by atoms with Gasteiger partial charge in [0.05, 0.1) is 13.0 Å². The van der Waals surface area contributed by atoms with E-state index in [1.807, 2.05) is 31.3 Å². The zero-order valence-corrected chi connectivity index (χ0v) is 32.1. The molecule has 50 heavy (non-hydrogen) atoms. The summed E-state index contributed by atoms with van der Waals surface area (Å²) in [6, 6.07) is 23.2. The summed E-state index contributed by atoms with van der Waals surface area (Å²) in [5, 5.41) is 16.5. The van der Waals surface area contributed by atoms with Crippen LogP contribution in [0.2, 0.25) is 0 Å². The Morgan fingerprint density at radius 3 is 2.18 bits per heavy atom. The molecule has 1 heterocycles. The Hall–Kier alpha value is -3.78. The lowest BCUT2D eigenvalue weighted by molar-refractivity contribution is -0.120. The van der Waals surface area contributed by atoms with Crippen LogP contribution in [0.25, 0.3) is 11.4 Å². The number of carbonyl (C=O) groups excluding carboxylic acids is 1. The SMILES string of the molecule is CCCCCCCNC(=O)Cc1ccc(NCc2ccc(Sc3nnc(-c4ccc(C(C)(C)C)cc4)n3C)cc2OCCCCCCC)cc1. The van der Waals surface area contributed by atoms with Gasteiger partial charge in [-0.1, -0.05) is 128 Å². The van der Waals surface area contributed by atoms with E-state index in [2.05, 4.69) is 102 Å². The molecule has 8 heteroatoms. The van der Waals surface area contributed by atoms with Crippen LogP contribution in [0.4, 0.5) is 5.69 Å². The molecule has 0 spiro atoms. The summed E-state index contributed by atoms with van der Waals surface area (Å²) in [6.07, 6.45) is 12.3. The van der Waals surface area contributed by atoms with E-state index in [4.69, 9.17) is 4.74 Å². The van der Waals surface area contributed by atoms with Crippen LogP contribution >= 0.6 is 11.8 Å². The van der Waals surface area contributed by atoms with Gasteiger partial charge in [0.15, 0.2) is 11.0 Å². The van der Waals surface area contributed by atoms with Crippen LogP contribution in [0.15, 0.2) is 76.8 Å². The van der Waals surface area contributed by atoms with Crippen molar-refractivity contribution in [3.63, 3.8) is 0 Å². The number of aromatic nitrogens is 3. The Labute approximate surface area is 305 Å². The Balaban J connectivity index is 1.38. The van der Waals surface area contributed by atoms with Crippen molar-refractivity contribution < 1.29 is 9.53 Å². The van der Waals surface area contributed by atoms with Gasteiger partial charge in [0, 0.05) is 41.8 Å². The van der Waals surface area contributed by atoms with E-state index in [9.17, 15) is 4.79 Å². The van der Waals surface area contributed by atoms with Crippen LogP contribution in [-0.2, 0) is 30.2 Å². The predicted molar refractivity (Wildman–Crippen MR) is 209 cm³/mol. The van der Waals surface area contributed by atoms with Crippen LogP contribution in [-0.4, -0.2) is 33.8 Å². The molecule has 0 atom stereocenters. The highest BCUT2D eigenvalue weighted by molar-refractivity contribution is 7.99. The fourth-order valence-electron chi connectivity index (χ4n) is 5.79. The Bertz CT molecular complexity index is 1590. The van der Waals surface area contributed by atoms with E-state index < -0.39 is 0 Å². The fraction of sp³-hybridized carbons (Fsp3) is 0.500. The first-order valence-electron chi connectivity index (χ1n) is 18.7. The molecule has 3 aromatic carbocycles. The third kappa shape index (κ3) is 12.5. The van der Waals surface area contributed by atoms with E-state index in [1.54, 1.807) is 11.8 Å². The molecular formula is C42H59N5O2S. The summed E-state index contributed by atoms with van der Waals surface area (Å²) < 4.78 is 8.47. The van der Waals surface area contributed by atoms with Gasteiger partial charge in [-0.3, -0.25) is 4.79 Å². The Morgan fingerprint density at radius 2 is 1.50 bits per heavy atom. The maximum atomic E-state index is 12.4. The first-order chi connectivity index (χ1) is 24.2. The van der Waals surface area contributed by atoms with Crippen LogP contribution < -0.4 is 15.4 Å². The molecule has 0 fully saturated rings. The lowest BCUT2D eigenvalue weighted by Gasteiger charge is -2.19. The van der Waals surface area contributed by atoms with Crippen LogP contribution in [0.3, 0.4) is 0 Å². The summed E-state index contributed by atoms with van der Waals surface area (Å²) in [7, 11) is 2.02. The van der Waals surface area contributed by atoms with E-state index in [0.29, 0.717) is 19.6 Å². The van der Waals surface area contributed by atoms with Gasteiger partial charge in [-0.15, -0.1) is 10.2 Å². The van der Waals surface area contributed by atoms with Crippen LogP contribution in [0, 0.1) is 0 Å². The number of amides is 1. The second-order valence-electron chi connectivity index (χ2n) is 14.3. The maximum Gasteiger partial charge on any atom is 0.224 e. The number of ether oxygens (including phenoxy) is 1. The van der Waals surface area contributed by atoms with Crippen molar-refractivity contribution >= 4 is 23.4 Å². The molecular weight excluding hydrogens is 639 g/mol. The number of anilines is 1. The number of nitrogens with one attached hydrogen (secondary N) is 2. The van der Waals surface area contributed by atoms with Gasteiger partial charge in [0.1, 0.15) is 5.75 Å². The summed E-state index contributed by atoms with van der Waals surface area (Å²) in [6.45, 7) is 13.2. The van der Waals surface area contributed by atoms with Crippen molar-refractivity contribution in [3.8, 4) is 17.1 Å². The Kier molecular flexibility index (Phi) is 15.7. The molecule has 1 amide bonds. The molecule has 0 saturated heterocycles. The number of carbonyl (C=O) groups is 1. The standard InChI is InChI=1S/C42H59N5O2S/c1-7-9-11-13-15-27-43-39(48)29-32-17-24-36(25-18-32)44-31-34-21-26-37(30-38(34)49-28-16-14-12-10-8-2)50-41-46-45-40(47(41)6)33-19-22-35(23-20-33)42(3,4)5/h17-26,30,44H,7-16,27-29,31H2,1-6H3,(H,43,48). The molecule has 2 N–H and O–H groups in total. The maximum absolute atomic E-state index is 12.4. The van der Waals surface area contributed by atoms with Crippen molar-refractivity contribution in [2.24, 2.45) is 7.05 Å². The Morgan fingerprint density at radius 1 is 0.820 bits per heavy atom. The summed E-state index contributed by atoms with van der Waals surface area (Å²) in [4.78, 5) is 13.5. The number of hydrogen-bond donors (Lipinski definition) is 2. The van der Waals surface area contributed by atoms with E-state index in [1.165, 1.54) is 56.9 Å². The average molecular weight is 698 g/mol. The van der Waals surface area contributed by atoms with Crippen molar-refractivity contribution in [2.45, 2.75) is 127 Å². The summed E-state index contributed by atoms with van der Waals surface area (Å²) in [5.41, 5.74) is 5.58. The van der Waals surface area contributed by atoms with Crippen molar-refractivity contribution in [2.75, 3.05) is 18.5 Å². The lowest BCUT2D eigenvalue weighted by atomic mass is 9.87. The largest absolute Gasteiger partial charge is 0.493 e. The topological polar surface area (TPSA) is 81.1 Å². The molecule has 4 rings (SSSR count). The van der Waals surface area contributed by atoms with Crippen molar-refractivity contribution in [1.29, 1.82) is 0 Å². The third-order valence-corrected chi connectivity index (χ3v) is 10.0. The molecule has 0 saturated carbocycles. The van der Waals surface area contributed by atoms with E-state index in [0.717, 1.165) is 63.4 Å². The van der Waals surface area contributed by atoms with E-state index in [-0.39, 0.29) is 11.3 Å². The number of unbranched alkanes of at least 4 members (excludes halogenated alkanes) is 8. The monoisotopic (exact) mass is 697 g/mol. The number of benzene rings is 3. The van der Waals surface area contributed by atoms with Crippen molar-refractivity contribution in [3.05, 3.63) is 83.4 Å². The second kappa shape index (κ2) is 20.2. The molecule has 0 bridgehead atoms.